The maximum Gasteiger partial charge on any atom is 0.221 e. The first kappa shape index (κ1) is 21.8. The number of amides is 1. The third-order valence-corrected chi connectivity index (χ3v) is 2.96. The van der Waals surface area contributed by atoms with Crippen LogP contribution in [0.5, 0.6) is 0 Å². The first-order valence-corrected chi connectivity index (χ1v) is 7.37. The maximum atomic E-state index is 11.6. The summed E-state index contributed by atoms with van der Waals surface area (Å²) in [4.78, 5) is 15.7. The van der Waals surface area contributed by atoms with Crippen molar-refractivity contribution >= 4 is 35.8 Å². The van der Waals surface area contributed by atoms with Crippen molar-refractivity contribution in [2.75, 3.05) is 20.1 Å². The number of rotatable bonds is 9. The van der Waals surface area contributed by atoms with Crippen molar-refractivity contribution in [1.29, 1.82) is 0 Å². The molecule has 0 aromatic carbocycles. The van der Waals surface area contributed by atoms with E-state index in [9.17, 15) is 4.79 Å². The van der Waals surface area contributed by atoms with Crippen LogP contribution in [0.25, 0.3) is 0 Å². The number of carbonyl (C=O) groups excluding carboxylic acids is 1. The van der Waals surface area contributed by atoms with E-state index in [4.69, 9.17) is 0 Å². The highest BCUT2D eigenvalue weighted by Gasteiger charge is 2.05. The zero-order chi connectivity index (χ0) is 14.5. The van der Waals surface area contributed by atoms with Crippen LogP contribution in [-0.4, -0.2) is 38.0 Å². The van der Waals surface area contributed by atoms with E-state index in [-0.39, 0.29) is 35.9 Å². The summed E-state index contributed by atoms with van der Waals surface area (Å²) in [5, 5.41) is 9.33. The second-order valence-electron chi connectivity index (χ2n) is 4.76. The van der Waals surface area contributed by atoms with E-state index in [0.717, 1.165) is 25.3 Å². The predicted molar refractivity (Wildman–Crippen MR) is 96.8 cm³/mol. The van der Waals surface area contributed by atoms with Crippen LogP contribution in [-0.2, 0) is 4.79 Å². The molecule has 1 amide bonds. The molecule has 0 aliphatic heterocycles. The average molecular weight is 398 g/mol. The Kier molecular flexibility index (Phi) is 16.2. The standard InChI is InChI=1S/C14H30N4O.HI/c1-5-7-8-10-16-14(15-4)17-11-9-13(19)18-12(3)6-2;/h12H,5-11H2,1-4H3,(H,18,19)(H2,15,16,17);1H. The average Bonchev–Trinajstić information content (AvgIpc) is 2.41. The highest BCUT2D eigenvalue weighted by Crippen LogP contribution is 1.91. The number of aliphatic imine (C=N–C) groups is 1. The zero-order valence-corrected chi connectivity index (χ0v) is 15.6. The predicted octanol–water partition coefficient (Wildman–Crippen LogP) is 2.26. The lowest BCUT2D eigenvalue weighted by Crippen LogP contribution is -2.40. The first-order valence-electron chi connectivity index (χ1n) is 7.37. The minimum absolute atomic E-state index is 0. The van der Waals surface area contributed by atoms with Crippen LogP contribution >= 0.6 is 24.0 Å². The van der Waals surface area contributed by atoms with Crippen LogP contribution in [0.15, 0.2) is 4.99 Å². The van der Waals surface area contributed by atoms with E-state index in [2.05, 4.69) is 34.8 Å². The van der Waals surface area contributed by atoms with Gasteiger partial charge in [0.2, 0.25) is 5.91 Å². The number of hydrogen-bond acceptors (Lipinski definition) is 2. The van der Waals surface area contributed by atoms with Gasteiger partial charge in [-0.3, -0.25) is 9.79 Å². The van der Waals surface area contributed by atoms with Gasteiger partial charge in [0, 0.05) is 32.6 Å². The van der Waals surface area contributed by atoms with Gasteiger partial charge in [-0.1, -0.05) is 26.7 Å². The Morgan fingerprint density at radius 1 is 1.15 bits per heavy atom. The van der Waals surface area contributed by atoms with E-state index >= 15 is 0 Å². The molecule has 20 heavy (non-hydrogen) atoms. The molecule has 6 heteroatoms. The molecular formula is C14H31IN4O. The summed E-state index contributed by atoms with van der Waals surface area (Å²) in [6.07, 6.45) is 5.01. The highest BCUT2D eigenvalue weighted by atomic mass is 127. The van der Waals surface area contributed by atoms with E-state index < -0.39 is 0 Å². The fraction of sp³-hybridized carbons (Fsp3) is 0.857. The van der Waals surface area contributed by atoms with Crippen molar-refractivity contribution in [1.82, 2.24) is 16.0 Å². The van der Waals surface area contributed by atoms with Crippen LogP contribution in [0.2, 0.25) is 0 Å². The van der Waals surface area contributed by atoms with Crippen molar-refractivity contribution in [2.24, 2.45) is 4.99 Å². The molecule has 0 aromatic heterocycles. The number of halogens is 1. The van der Waals surface area contributed by atoms with Gasteiger partial charge in [-0.05, 0) is 19.8 Å². The number of guanidine groups is 1. The quantitative estimate of drug-likeness (QED) is 0.242. The van der Waals surface area contributed by atoms with Crippen molar-refractivity contribution in [3.8, 4) is 0 Å². The van der Waals surface area contributed by atoms with Crippen LogP contribution in [0.3, 0.4) is 0 Å². The maximum absolute atomic E-state index is 11.6. The van der Waals surface area contributed by atoms with E-state index in [0.29, 0.717) is 13.0 Å². The molecule has 0 spiro atoms. The fourth-order valence-electron chi connectivity index (χ4n) is 1.55. The number of nitrogens with zero attached hydrogens (tertiary/aromatic N) is 1. The number of nitrogens with one attached hydrogen (secondary N) is 3. The normalized spacial score (nSPS) is 12.3. The number of hydrogen-bond donors (Lipinski definition) is 3. The lowest BCUT2D eigenvalue weighted by atomic mass is 10.2. The van der Waals surface area contributed by atoms with Crippen molar-refractivity contribution in [2.45, 2.75) is 58.9 Å². The molecular weight excluding hydrogens is 367 g/mol. The molecule has 0 saturated carbocycles. The number of unbranched alkanes of at least 4 members (excludes halogenated alkanes) is 2. The Morgan fingerprint density at radius 3 is 2.35 bits per heavy atom. The summed E-state index contributed by atoms with van der Waals surface area (Å²) in [6, 6.07) is 0.249. The van der Waals surface area contributed by atoms with E-state index in [1.807, 2.05) is 6.92 Å². The fourth-order valence-corrected chi connectivity index (χ4v) is 1.55. The first-order chi connectivity index (χ1) is 9.13. The molecule has 0 aromatic rings. The van der Waals surface area contributed by atoms with E-state index in [1.54, 1.807) is 7.05 Å². The van der Waals surface area contributed by atoms with E-state index in [1.165, 1.54) is 12.8 Å². The minimum atomic E-state index is 0. The molecule has 3 N–H and O–H groups in total. The highest BCUT2D eigenvalue weighted by molar-refractivity contribution is 14.0. The second-order valence-corrected chi connectivity index (χ2v) is 4.76. The molecule has 0 bridgehead atoms. The summed E-state index contributed by atoms with van der Waals surface area (Å²) >= 11 is 0. The third-order valence-electron chi connectivity index (χ3n) is 2.96. The molecule has 0 rings (SSSR count). The van der Waals surface area contributed by atoms with Gasteiger partial charge in [-0.25, -0.2) is 0 Å². The molecule has 1 unspecified atom stereocenters. The molecule has 1 atom stereocenters. The monoisotopic (exact) mass is 398 g/mol. The van der Waals surface area contributed by atoms with Gasteiger partial charge in [0.15, 0.2) is 5.96 Å². The van der Waals surface area contributed by atoms with Gasteiger partial charge in [-0.15, -0.1) is 24.0 Å². The Hall–Kier alpha value is -0.530. The third kappa shape index (κ3) is 12.5. The SMILES string of the molecule is CCCCCNC(=NC)NCCC(=O)NC(C)CC.I. The Bertz CT molecular complexity index is 272. The van der Waals surface area contributed by atoms with Gasteiger partial charge >= 0.3 is 0 Å². The molecule has 0 aliphatic rings. The van der Waals surface area contributed by atoms with Crippen LogP contribution in [0.1, 0.15) is 52.9 Å². The van der Waals surface area contributed by atoms with Crippen molar-refractivity contribution < 1.29 is 4.79 Å². The van der Waals surface area contributed by atoms with Gasteiger partial charge in [0.05, 0.1) is 0 Å². The topological polar surface area (TPSA) is 65.5 Å². The van der Waals surface area contributed by atoms with Crippen LogP contribution in [0, 0.1) is 0 Å². The summed E-state index contributed by atoms with van der Waals surface area (Å²) in [7, 11) is 1.74. The lowest BCUT2D eigenvalue weighted by Gasteiger charge is -2.13. The second kappa shape index (κ2) is 14.9. The molecule has 0 radical (unpaired) electrons. The zero-order valence-electron chi connectivity index (χ0n) is 13.3. The summed E-state index contributed by atoms with van der Waals surface area (Å²) in [6.45, 7) is 7.79. The van der Waals surface area contributed by atoms with Crippen molar-refractivity contribution in [3.05, 3.63) is 0 Å². The number of carbonyl (C=O) groups is 1. The summed E-state index contributed by atoms with van der Waals surface area (Å²) in [5.74, 6) is 0.857. The molecule has 120 valence electrons. The van der Waals surface area contributed by atoms with Gasteiger partial charge < -0.3 is 16.0 Å². The Labute approximate surface area is 140 Å². The van der Waals surface area contributed by atoms with Crippen LogP contribution < -0.4 is 16.0 Å². The molecule has 0 heterocycles. The van der Waals surface area contributed by atoms with Gasteiger partial charge in [0.1, 0.15) is 0 Å². The Balaban J connectivity index is 0. The smallest absolute Gasteiger partial charge is 0.221 e. The molecule has 0 saturated heterocycles. The summed E-state index contributed by atoms with van der Waals surface area (Å²) < 4.78 is 0. The van der Waals surface area contributed by atoms with Gasteiger partial charge in [-0.2, -0.15) is 0 Å². The molecule has 0 aliphatic carbocycles. The summed E-state index contributed by atoms with van der Waals surface area (Å²) in [5.41, 5.74) is 0. The lowest BCUT2D eigenvalue weighted by molar-refractivity contribution is -0.121. The van der Waals surface area contributed by atoms with Crippen LogP contribution in [0.4, 0.5) is 0 Å². The molecule has 0 fully saturated rings. The van der Waals surface area contributed by atoms with Gasteiger partial charge in [0.25, 0.3) is 0 Å². The largest absolute Gasteiger partial charge is 0.356 e. The van der Waals surface area contributed by atoms with Crippen molar-refractivity contribution in [3.63, 3.8) is 0 Å². The minimum Gasteiger partial charge on any atom is -0.356 e. The Morgan fingerprint density at radius 2 is 1.80 bits per heavy atom. The molecule has 5 nitrogen and oxygen atoms in total.